The van der Waals surface area contributed by atoms with Crippen molar-refractivity contribution in [2.75, 3.05) is 44.4 Å². The van der Waals surface area contributed by atoms with Gasteiger partial charge >= 0.3 is 0 Å². The van der Waals surface area contributed by atoms with Crippen molar-refractivity contribution in [3.8, 4) is 22.8 Å². The van der Waals surface area contributed by atoms with Gasteiger partial charge in [0.1, 0.15) is 18.9 Å². The number of hydrogen-bond acceptors (Lipinski definition) is 9. The number of carbonyl (C=O) groups excluding carboxylic acids is 2. The van der Waals surface area contributed by atoms with E-state index in [1.54, 1.807) is 23.6 Å². The highest BCUT2D eigenvalue weighted by Gasteiger charge is 2.21. The Labute approximate surface area is 186 Å². The summed E-state index contributed by atoms with van der Waals surface area (Å²) in [6, 6.07) is 5.36. The van der Waals surface area contributed by atoms with Crippen molar-refractivity contribution < 1.29 is 23.8 Å². The van der Waals surface area contributed by atoms with Crippen molar-refractivity contribution in [1.82, 2.24) is 26.0 Å². The Hall–Kier alpha value is -3.64. The highest BCUT2D eigenvalue weighted by atomic mass is 32.1. The first-order valence-electron chi connectivity index (χ1n) is 10.0. The van der Waals surface area contributed by atoms with Crippen LogP contribution in [0.3, 0.4) is 0 Å². The maximum atomic E-state index is 12.7. The van der Waals surface area contributed by atoms with Crippen LogP contribution in [0.1, 0.15) is 20.8 Å². The minimum atomic E-state index is -0.513. The molecular formula is C20H20N6O5S. The smallest absolute Gasteiger partial charge is 0.289 e. The molecule has 5 rings (SSSR count). The van der Waals surface area contributed by atoms with E-state index in [4.69, 9.17) is 14.2 Å². The van der Waals surface area contributed by atoms with Crippen LogP contribution in [-0.4, -0.2) is 66.5 Å². The van der Waals surface area contributed by atoms with E-state index in [2.05, 4.69) is 30.9 Å². The van der Waals surface area contributed by atoms with Gasteiger partial charge in [0, 0.05) is 24.0 Å². The van der Waals surface area contributed by atoms with Crippen LogP contribution in [0.15, 0.2) is 29.8 Å². The molecule has 11 nitrogen and oxygen atoms in total. The largest absolute Gasteiger partial charge is 0.486 e. The lowest BCUT2D eigenvalue weighted by Gasteiger charge is -2.25. The second-order valence-corrected chi connectivity index (χ2v) is 7.88. The summed E-state index contributed by atoms with van der Waals surface area (Å²) < 4.78 is 16.5. The van der Waals surface area contributed by atoms with Gasteiger partial charge in [0.2, 0.25) is 0 Å². The number of benzene rings is 1. The van der Waals surface area contributed by atoms with Gasteiger partial charge in [-0.15, -0.1) is 11.3 Å². The molecule has 1 aromatic carbocycles. The van der Waals surface area contributed by atoms with Crippen molar-refractivity contribution in [2.24, 2.45) is 0 Å². The third-order valence-electron chi connectivity index (χ3n) is 5.01. The van der Waals surface area contributed by atoms with Crippen LogP contribution >= 0.6 is 11.3 Å². The molecule has 0 saturated carbocycles. The van der Waals surface area contributed by atoms with Gasteiger partial charge in [-0.3, -0.25) is 25.5 Å². The number of morpholine rings is 1. The molecule has 0 unspecified atom stereocenters. The predicted molar refractivity (Wildman–Crippen MR) is 115 cm³/mol. The van der Waals surface area contributed by atoms with Crippen molar-refractivity contribution in [3.63, 3.8) is 0 Å². The Kier molecular flexibility index (Phi) is 5.60. The Morgan fingerprint density at radius 2 is 1.81 bits per heavy atom. The Bertz CT molecular complexity index is 1140. The third-order valence-corrected chi connectivity index (χ3v) is 5.91. The number of anilines is 1. The molecule has 2 aliphatic rings. The average molecular weight is 456 g/mol. The summed E-state index contributed by atoms with van der Waals surface area (Å²) in [6.45, 7) is 3.68. The second kappa shape index (κ2) is 8.85. The fourth-order valence-corrected chi connectivity index (χ4v) is 4.25. The number of ether oxygens (including phenoxy) is 3. The van der Waals surface area contributed by atoms with Gasteiger partial charge in [-0.25, -0.2) is 4.98 Å². The maximum absolute atomic E-state index is 12.7. The van der Waals surface area contributed by atoms with Crippen LogP contribution in [0.4, 0.5) is 5.13 Å². The molecule has 1 saturated heterocycles. The van der Waals surface area contributed by atoms with E-state index in [1.807, 2.05) is 0 Å². The predicted octanol–water partition coefficient (Wildman–Crippen LogP) is 1.22. The van der Waals surface area contributed by atoms with E-state index in [0.717, 1.165) is 18.2 Å². The molecule has 2 aromatic heterocycles. The van der Waals surface area contributed by atoms with Crippen LogP contribution in [-0.2, 0) is 4.74 Å². The molecule has 0 bridgehead atoms. The molecule has 0 radical (unpaired) electrons. The first-order chi connectivity index (χ1) is 15.7. The first-order valence-corrected chi connectivity index (χ1v) is 10.9. The number of H-pyrrole nitrogens is 1. The molecule has 2 aliphatic heterocycles. The fourth-order valence-electron chi connectivity index (χ4n) is 3.39. The molecule has 0 aliphatic carbocycles. The molecule has 2 amide bonds. The summed E-state index contributed by atoms with van der Waals surface area (Å²) in [5, 5.41) is 9.21. The van der Waals surface area contributed by atoms with Gasteiger partial charge in [-0.2, -0.15) is 5.10 Å². The standard InChI is InChI=1S/C20H20N6O5S/c27-18(24-25-19(28)14-11-32-20(22-14)26-3-5-29-6-4-26)13-10-21-23-17(13)12-1-2-15-16(9-12)31-8-7-30-15/h1-2,9-11H,3-8H2,(H,21,23)(H,24,27)(H,25,28). The number of hydrazine groups is 1. The molecule has 3 N–H and O–H groups in total. The zero-order valence-corrected chi connectivity index (χ0v) is 17.7. The summed E-state index contributed by atoms with van der Waals surface area (Å²) in [5.74, 6) is 0.235. The van der Waals surface area contributed by atoms with Crippen LogP contribution < -0.4 is 25.2 Å². The van der Waals surface area contributed by atoms with E-state index < -0.39 is 11.8 Å². The molecular weight excluding hydrogens is 436 g/mol. The highest BCUT2D eigenvalue weighted by molar-refractivity contribution is 7.13. The van der Waals surface area contributed by atoms with E-state index in [0.29, 0.717) is 49.2 Å². The van der Waals surface area contributed by atoms with Crippen LogP contribution in [0.2, 0.25) is 0 Å². The number of aromatic amines is 1. The second-order valence-electron chi connectivity index (χ2n) is 7.04. The molecule has 166 valence electrons. The number of aromatic nitrogens is 3. The number of nitrogens with one attached hydrogen (secondary N) is 3. The zero-order chi connectivity index (χ0) is 21.9. The van der Waals surface area contributed by atoms with E-state index in [1.165, 1.54) is 17.5 Å². The number of rotatable bonds is 4. The van der Waals surface area contributed by atoms with Gasteiger partial charge < -0.3 is 19.1 Å². The van der Waals surface area contributed by atoms with Crippen molar-refractivity contribution in [2.45, 2.75) is 0 Å². The Morgan fingerprint density at radius 3 is 2.66 bits per heavy atom. The molecule has 3 aromatic rings. The SMILES string of the molecule is O=C(NNC(=O)c1cn[nH]c1-c1ccc2c(c1)OCCO2)c1csc(N2CCOCC2)n1. The summed E-state index contributed by atoms with van der Waals surface area (Å²) in [5.41, 5.74) is 6.54. The third kappa shape index (κ3) is 4.09. The maximum Gasteiger partial charge on any atom is 0.289 e. The number of fused-ring (bicyclic) bond motifs is 1. The summed E-state index contributed by atoms with van der Waals surface area (Å²) in [4.78, 5) is 31.6. The molecule has 0 spiro atoms. The molecule has 32 heavy (non-hydrogen) atoms. The lowest BCUT2D eigenvalue weighted by molar-refractivity contribution is 0.0844. The Balaban J connectivity index is 1.24. The van der Waals surface area contributed by atoms with Crippen molar-refractivity contribution >= 4 is 28.3 Å². The van der Waals surface area contributed by atoms with Gasteiger partial charge in [-0.05, 0) is 18.2 Å². The first kappa shape index (κ1) is 20.3. The van der Waals surface area contributed by atoms with Gasteiger partial charge in [0.25, 0.3) is 11.8 Å². The van der Waals surface area contributed by atoms with E-state index >= 15 is 0 Å². The number of hydrogen-bond donors (Lipinski definition) is 3. The molecule has 4 heterocycles. The lowest BCUT2D eigenvalue weighted by Crippen LogP contribution is -2.42. The summed E-state index contributed by atoms with van der Waals surface area (Å²) in [6.07, 6.45) is 1.40. The van der Waals surface area contributed by atoms with Gasteiger partial charge in [0.15, 0.2) is 16.6 Å². The monoisotopic (exact) mass is 456 g/mol. The number of amides is 2. The zero-order valence-electron chi connectivity index (χ0n) is 16.9. The quantitative estimate of drug-likeness (QED) is 0.500. The van der Waals surface area contributed by atoms with E-state index in [9.17, 15) is 9.59 Å². The molecule has 1 fully saturated rings. The average Bonchev–Trinajstić information content (AvgIpc) is 3.53. The topological polar surface area (TPSA) is 131 Å². The number of nitrogens with zero attached hydrogens (tertiary/aromatic N) is 3. The van der Waals surface area contributed by atoms with E-state index in [-0.39, 0.29) is 11.3 Å². The number of thiazole rings is 1. The highest BCUT2D eigenvalue weighted by Crippen LogP contribution is 2.34. The lowest BCUT2D eigenvalue weighted by atomic mass is 10.1. The van der Waals surface area contributed by atoms with Crippen LogP contribution in [0.5, 0.6) is 11.5 Å². The molecule has 12 heteroatoms. The van der Waals surface area contributed by atoms with Crippen LogP contribution in [0, 0.1) is 0 Å². The molecule has 0 atom stereocenters. The van der Waals surface area contributed by atoms with Crippen molar-refractivity contribution in [1.29, 1.82) is 0 Å². The summed E-state index contributed by atoms with van der Waals surface area (Å²) in [7, 11) is 0. The van der Waals surface area contributed by atoms with Crippen molar-refractivity contribution in [3.05, 3.63) is 41.0 Å². The van der Waals surface area contributed by atoms with Gasteiger partial charge in [-0.1, -0.05) is 0 Å². The number of carbonyl (C=O) groups is 2. The van der Waals surface area contributed by atoms with Crippen LogP contribution in [0.25, 0.3) is 11.3 Å². The summed E-state index contributed by atoms with van der Waals surface area (Å²) >= 11 is 1.38. The normalized spacial score (nSPS) is 15.3. The van der Waals surface area contributed by atoms with Gasteiger partial charge in [0.05, 0.1) is 30.7 Å². The minimum Gasteiger partial charge on any atom is -0.486 e. The Morgan fingerprint density at radius 1 is 1.03 bits per heavy atom. The fraction of sp³-hybridized carbons (Fsp3) is 0.300. The minimum absolute atomic E-state index is 0.232.